The highest BCUT2D eigenvalue weighted by molar-refractivity contribution is 7.98. The molecular weight excluding hydrogens is 258 g/mol. The van der Waals surface area contributed by atoms with E-state index in [1.54, 1.807) is 0 Å². The zero-order chi connectivity index (χ0) is 14.1. The van der Waals surface area contributed by atoms with Gasteiger partial charge in [0.15, 0.2) is 0 Å². The lowest BCUT2D eigenvalue weighted by atomic mass is 10.0. The van der Waals surface area contributed by atoms with Crippen LogP contribution < -0.4 is 5.32 Å². The van der Waals surface area contributed by atoms with Gasteiger partial charge in [-0.1, -0.05) is 44.2 Å². The van der Waals surface area contributed by atoms with Gasteiger partial charge in [-0.05, 0) is 17.9 Å². The topological polar surface area (TPSA) is 49.3 Å². The molecule has 1 rings (SSSR count). The van der Waals surface area contributed by atoms with Gasteiger partial charge < -0.3 is 10.4 Å². The van der Waals surface area contributed by atoms with Crippen molar-refractivity contribution in [3.8, 4) is 0 Å². The minimum Gasteiger partial charge on any atom is -0.480 e. The monoisotopic (exact) mass is 281 g/mol. The number of aliphatic carboxylic acids is 1. The molecule has 106 valence electrons. The highest BCUT2D eigenvalue weighted by atomic mass is 32.2. The molecule has 0 heterocycles. The summed E-state index contributed by atoms with van der Waals surface area (Å²) in [5.41, 5.74) is 1.31. The molecule has 0 radical (unpaired) electrons. The van der Waals surface area contributed by atoms with Crippen molar-refractivity contribution in [1.82, 2.24) is 5.32 Å². The second kappa shape index (κ2) is 8.99. The van der Waals surface area contributed by atoms with Crippen LogP contribution in [0.25, 0.3) is 0 Å². The number of hydrogen-bond donors (Lipinski definition) is 2. The van der Waals surface area contributed by atoms with Gasteiger partial charge in [-0.2, -0.15) is 11.8 Å². The second-order valence-corrected chi connectivity index (χ2v) is 6.12. The van der Waals surface area contributed by atoms with Crippen molar-refractivity contribution in [2.75, 3.05) is 12.3 Å². The maximum Gasteiger partial charge on any atom is 0.320 e. The van der Waals surface area contributed by atoms with Crippen molar-refractivity contribution in [2.24, 2.45) is 5.92 Å². The third-order valence-corrected chi connectivity index (χ3v) is 3.78. The number of benzene rings is 1. The lowest BCUT2D eigenvalue weighted by Crippen LogP contribution is -2.38. The average molecular weight is 281 g/mol. The summed E-state index contributed by atoms with van der Waals surface area (Å²) >= 11 is 1.82. The van der Waals surface area contributed by atoms with Crippen LogP contribution in [0.4, 0.5) is 0 Å². The summed E-state index contributed by atoms with van der Waals surface area (Å²) < 4.78 is 0. The zero-order valence-electron chi connectivity index (χ0n) is 11.6. The van der Waals surface area contributed by atoms with Crippen molar-refractivity contribution in [1.29, 1.82) is 0 Å². The maximum atomic E-state index is 11.1. The molecule has 0 saturated carbocycles. The first-order valence-corrected chi connectivity index (χ1v) is 7.83. The molecule has 0 bridgehead atoms. The average Bonchev–Trinajstić information content (AvgIpc) is 2.37. The van der Waals surface area contributed by atoms with Gasteiger partial charge in [-0.15, -0.1) is 0 Å². The number of thioether (sulfide) groups is 1. The van der Waals surface area contributed by atoms with Crippen molar-refractivity contribution < 1.29 is 9.90 Å². The quantitative estimate of drug-likeness (QED) is 0.683. The van der Waals surface area contributed by atoms with Gasteiger partial charge in [0.1, 0.15) is 6.04 Å². The first-order valence-electron chi connectivity index (χ1n) is 6.67. The van der Waals surface area contributed by atoms with E-state index in [0.29, 0.717) is 12.3 Å². The Kier molecular flexibility index (Phi) is 7.60. The molecule has 19 heavy (non-hydrogen) atoms. The molecule has 0 aromatic heterocycles. The normalized spacial score (nSPS) is 12.6. The standard InChI is InChI=1S/C15H23NO2S/c1-12(2)10-14(15(17)18)16-8-9-19-11-13-6-4-3-5-7-13/h3-7,12,14,16H,8-11H2,1-2H3,(H,17,18)/t14-/m1/s1. The predicted molar refractivity (Wildman–Crippen MR) is 81.5 cm³/mol. The largest absolute Gasteiger partial charge is 0.480 e. The number of hydrogen-bond acceptors (Lipinski definition) is 3. The molecule has 2 N–H and O–H groups in total. The molecule has 4 heteroatoms. The number of nitrogens with one attached hydrogen (secondary N) is 1. The van der Waals surface area contributed by atoms with Crippen LogP contribution in [0.15, 0.2) is 30.3 Å². The van der Waals surface area contributed by atoms with Gasteiger partial charge in [-0.25, -0.2) is 0 Å². The molecular formula is C15H23NO2S. The van der Waals surface area contributed by atoms with E-state index in [2.05, 4.69) is 17.4 Å². The third kappa shape index (κ3) is 7.23. The van der Waals surface area contributed by atoms with Crippen LogP contribution in [0.2, 0.25) is 0 Å². The Labute approximate surface area is 119 Å². The van der Waals surface area contributed by atoms with Gasteiger partial charge in [0.05, 0.1) is 0 Å². The van der Waals surface area contributed by atoms with Crippen molar-refractivity contribution >= 4 is 17.7 Å². The molecule has 0 saturated heterocycles. The molecule has 0 fully saturated rings. The van der Waals surface area contributed by atoms with Gasteiger partial charge in [0.25, 0.3) is 0 Å². The summed E-state index contributed by atoms with van der Waals surface area (Å²) in [6.45, 7) is 4.82. The first-order chi connectivity index (χ1) is 9.09. The van der Waals surface area contributed by atoms with E-state index < -0.39 is 12.0 Å². The van der Waals surface area contributed by atoms with Crippen LogP contribution in [0.5, 0.6) is 0 Å². The Balaban J connectivity index is 2.16. The molecule has 1 atom stereocenters. The SMILES string of the molecule is CC(C)C[C@@H](NCCSCc1ccccc1)C(=O)O. The van der Waals surface area contributed by atoms with E-state index in [-0.39, 0.29) is 0 Å². The van der Waals surface area contributed by atoms with Crippen LogP contribution in [-0.4, -0.2) is 29.4 Å². The highest BCUT2D eigenvalue weighted by Crippen LogP contribution is 2.11. The van der Waals surface area contributed by atoms with Gasteiger partial charge in [-0.3, -0.25) is 4.79 Å². The van der Waals surface area contributed by atoms with Crippen LogP contribution in [0.1, 0.15) is 25.8 Å². The Morgan fingerprint density at radius 3 is 2.58 bits per heavy atom. The Hall–Kier alpha value is -1.00. The van der Waals surface area contributed by atoms with E-state index in [1.165, 1.54) is 5.56 Å². The summed E-state index contributed by atoms with van der Waals surface area (Å²) in [4.78, 5) is 11.1. The summed E-state index contributed by atoms with van der Waals surface area (Å²) in [7, 11) is 0. The second-order valence-electron chi connectivity index (χ2n) is 5.01. The summed E-state index contributed by atoms with van der Waals surface area (Å²) in [6.07, 6.45) is 0.679. The third-order valence-electron chi connectivity index (χ3n) is 2.75. The zero-order valence-corrected chi connectivity index (χ0v) is 12.5. The number of carbonyl (C=O) groups is 1. The van der Waals surface area contributed by atoms with Gasteiger partial charge >= 0.3 is 5.97 Å². The maximum absolute atomic E-state index is 11.1. The molecule has 3 nitrogen and oxygen atoms in total. The first kappa shape index (κ1) is 16.1. The van der Waals surface area contributed by atoms with E-state index in [0.717, 1.165) is 18.1 Å². The Bertz CT molecular complexity index is 368. The summed E-state index contributed by atoms with van der Waals surface area (Å²) in [5, 5.41) is 12.2. The van der Waals surface area contributed by atoms with Gasteiger partial charge in [0.2, 0.25) is 0 Å². The van der Waals surface area contributed by atoms with Crippen LogP contribution in [0, 0.1) is 5.92 Å². The van der Waals surface area contributed by atoms with Crippen LogP contribution in [-0.2, 0) is 10.5 Å². The minimum absolute atomic E-state index is 0.394. The molecule has 0 aliphatic rings. The number of carboxylic acids is 1. The predicted octanol–water partition coefficient (Wildman–Crippen LogP) is 3.01. The van der Waals surface area contributed by atoms with Crippen molar-refractivity contribution in [3.63, 3.8) is 0 Å². The lowest BCUT2D eigenvalue weighted by Gasteiger charge is -2.16. The van der Waals surface area contributed by atoms with E-state index >= 15 is 0 Å². The molecule has 0 aliphatic heterocycles. The lowest BCUT2D eigenvalue weighted by molar-refractivity contribution is -0.139. The summed E-state index contributed by atoms with van der Waals surface area (Å²) in [6, 6.07) is 9.89. The smallest absolute Gasteiger partial charge is 0.320 e. The Morgan fingerprint density at radius 1 is 1.32 bits per heavy atom. The fraction of sp³-hybridized carbons (Fsp3) is 0.533. The van der Waals surface area contributed by atoms with E-state index in [1.807, 2.05) is 43.8 Å². The minimum atomic E-state index is -0.748. The van der Waals surface area contributed by atoms with Crippen LogP contribution >= 0.6 is 11.8 Å². The molecule has 1 aromatic rings. The summed E-state index contributed by atoms with van der Waals surface area (Å²) in [5.74, 6) is 1.55. The van der Waals surface area contributed by atoms with Gasteiger partial charge in [0, 0.05) is 18.1 Å². The molecule has 0 unspecified atom stereocenters. The van der Waals surface area contributed by atoms with Crippen LogP contribution in [0.3, 0.4) is 0 Å². The molecule has 0 amide bonds. The molecule has 0 aliphatic carbocycles. The number of carboxylic acid groups (broad SMARTS) is 1. The highest BCUT2D eigenvalue weighted by Gasteiger charge is 2.17. The fourth-order valence-corrected chi connectivity index (χ4v) is 2.65. The number of rotatable bonds is 9. The fourth-order valence-electron chi connectivity index (χ4n) is 1.81. The van der Waals surface area contributed by atoms with Crippen molar-refractivity contribution in [3.05, 3.63) is 35.9 Å². The van der Waals surface area contributed by atoms with E-state index in [4.69, 9.17) is 5.11 Å². The molecule has 1 aromatic carbocycles. The van der Waals surface area contributed by atoms with E-state index in [9.17, 15) is 4.79 Å². The Morgan fingerprint density at radius 2 is 2.00 bits per heavy atom. The molecule has 0 spiro atoms. The van der Waals surface area contributed by atoms with Crippen molar-refractivity contribution in [2.45, 2.75) is 32.1 Å².